The van der Waals surface area contributed by atoms with E-state index in [-0.39, 0.29) is 11.3 Å². The summed E-state index contributed by atoms with van der Waals surface area (Å²) in [6.07, 6.45) is 0. The average Bonchev–Trinajstić information content (AvgIpc) is 2.15. The number of benzene rings is 1. The van der Waals surface area contributed by atoms with Crippen LogP contribution in [-0.4, -0.2) is 16.8 Å². The van der Waals surface area contributed by atoms with E-state index < -0.39 is 17.4 Å². The lowest BCUT2D eigenvalue weighted by atomic mass is 10.1. The van der Waals surface area contributed by atoms with Gasteiger partial charge in [-0.1, -0.05) is 0 Å². The van der Waals surface area contributed by atoms with Gasteiger partial charge < -0.3 is 4.74 Å². The Kier molecular flexibility index (Phi) is 3.49. The van der Waals surface area contributed by atoms with Crippen LogP contribution in [0, 0.1) is 5.82 Å². The standard InChI is InChI=1S/C11H14FNO3/c1-11(2,3)16-10(14)7-4-5-9(13-15)8(12)6-7/h4-6,13,15H,1-3H3. The van der Waals surface area contributed by atoms with E-state index in [0.717, 1.165) is 6.07 Å². The van der Waals surface area contributed by atoms with Crippen LogP contribution in [0.2, 0.25) is 0 Å². The molecule has 0 aliphatic heterocycles. The van der Waals surface area contributed by atoms with Crippen molar-refractivity contribution in [2.24, 2.45) is 0 Å². The van der Waals surface area contributed by atoms with Gasteiger partial charge in [0, 0.05) is 0 Å². The van der Waals surface area contributed by atoms with Gasteiger partial charge in [0.25, 0.3) is 0 Å². The number of nitrogens with one attached hydrogen (secondary N) is 1. The van der Waals surface area contributed by atoms with Crippen LogP contribution >= 0.6 is 0 Å². The molecule has 0 heterocycles. The van der Waals surface area contributed by atoms with E-state index in [9.17, 15) is 9.18 Å². The van der Waals surface area contributed by atoms with E-state index >= 15 is 0 Å². The highest BCUT2D eigenvalue weighted by molar-refractivity contribution is 5.90. The van der Waals surface area contributed by atoms with Crippen molar-refractivity contribution in [1.29, 1.82) is 0 Å². The summed E-state index contributed by atoms with van der Waals surface area (Å²) >= 11 is 0. The van der Waals surface area contributed by atoms with Crippen molar-refractivity contribution in [3.8, 4) is 0 Å². The number of carbonyl (C=O) groups is 1. The molecule has 0 fully saturated rings. The molecule has 0 aliphatic carbocycles. The molecule has 0 aliphatic rings. The molecule has 2 N–H and O–H groups in total. The smallest absolute Gasteiger partial charge is 0.338 e. The highest BCUT2D eigenvalue weighted by Gasteiger charge is 2.18. The van der Waals surface area contributed by atoms with Crippen molar-refractivity contribution in [1.82, 2.24) is 0 Å². The number of hydrogen-bond acceptors (Lipinski definition) is 4. The zero-order chi connectivity index (χ0) is 12.3. The Labute approximate surface area is 93.0 Å². The van der Waals surface area contributed by atoms with Crippen LogP contribution in [-0.2, 0) is 4.74 Å². The summed E-state index contributed by atoms with van der Waals surface area (Å²) in [5.41, 5.74) is 1.07. The van der Waals surface area contributed by atoms with Crippen molar-refractivity contribution >= 4 is 11.7 Å². The second kappa shape index (κ2) is 4.49. The number of hydrogen-bond donors (Lipinski definition) is 2. The summed E-state index contributed by atoms with van der Waals surface area (Å²) in [7, 11) is 0. The van der Waals surface area contributed by atoms with Gasteiger partial charge in [-0.25, -0.2) is 9.18 Å². The first kappa shape index (κ1) is 12.4. The van der Waals surface area contributed by atoms with Gasteiger partial charge in [0.15, 0.2) is 0 Å². The molecule has 0 aromatic heterocycles. The molecular weight excluding hydrogens is 213 g/mol. The van der Waals surface area contributed by atoms with Crippen LogP contribution in [0.3, 0.4) is 0 Å². The van der Waals surface area contributed by atoms with Gasteiger partial charge in [0.2, 0.25) is 0 Å². The lowest BCUT2D eigenvalue weighted by Crippen LogP contribution is -2.24. The van der Waals surface area contributed by atoms with Gasteiger partial charge in [-0.3, -0.25) is 10.7 Å². The minimum atomic E-state index is -0.717. The Morgan fingerprint density at radius 2 is 2.06 bits per heavy atom. The van der Waals surface area contributed by atoms with Crippen molar-refractivity contribution in [3.63, 3.8) is 0 Å². The molecule has 16 heavy (non-hydrogen) atoms. The number of carbonyl (C=O) groups excluding carboxylic acids is 1. The molecule has 0 amide bonds. The van der Waals surface area contributed by atoms with Gasteiger partial charge in [-0.2, -0.15) is 0 Å². The van der Waals surface area contributed by atoms with Gasteiger partial charge in [-0.05, 0) is 39.0 Å². The lowest BCUT2D eigenvalue weighted by Gasteiger charge is -2.19. The van der Waals surface area contributed by atoms with Crippen LogP contribution in [0.5, 0.6) is 0 Å². The fourth-order valence-electron chi connectivity index (χ4n) is 1.07. The Hall–Kier alpha value is -1.62. The first-order chi connectivity index (χ1) is 7.33. The van der Waals surface area contributed by atoms with Gasteiger partial charge in [0.05, 0.1) is 11.3 Å². The Bertz CT molecular complexity index is 399. The predicted molar refractivity (Wildman–Crippen MR) is 57.0 cm³/mol. The van der Waals surface area contributed by atoms with Crippen LogP contribution < -0.4 is 5.48 Å². The first-order valence-electron chi connectivity index (χ1n) is 4.76. The number of ether oxygens (including phenoxy) is 1. The zero-order valence-corrected chi connectivity index (χ0v) is 9.37. The lowest BCUT2D eigenvalue weighted by molar-refractivity contribution is 0.00690. The van der Waals surface area contributed by atoms with E-state index in [1.54, 1.807) is 26.3 Å². The maximum Gasteiger partial charge on any atom is 0.338 e. The predicted octanol–water partition coefficient (Wildman–Crippen LogP) is 2.58. The minimum absolute atomic E-state index is 0.0905. The fraction of sp³-hybridized carbons (Fsp3) is 0.364. The normalized spacial score (nSPS) is 11.1. The SMILES string of the molecule is CC(C)(C)OC(=O)c1ccc(NO)c(F)c1. The molecular formula is C11H14FNO3. The summed E-state index contributed by atoms with van der Waals surface area (Å²) in [5.74, 6) is -1.32. The molecule has 0 bridgehead atoms. The summed E-state index contributed by atoms with van der Waals surface area (Å²) in [5, 5.41) is 8.53. The second-order valence-corrected chi connectivity index (χ2v) is 4.31. The number of anilines is 1. The van der Waals surface area contributed by atoms with E-state index in [1.165, 1.54) is 12.1 Å². The van der Waals surface area contributed by atoms with Crippen LogP contribution in [0.4, 0.5) is 10.1 Å². The molecule has 88 valence electrons. The largest absolute Gasteiger partial charge is 0.456 e. The molecule has 0 atom stereocenters. The van der Waals surface area contributed by atoms with Crippen LogP contribution in [0.25, 0.3) is 0 Å². The maximum atomic E-state index is 13.2. The molecule has 0 radical (unpaired) electrons. The molecule has 1 aromatic rings. The molecule has 0 spiro atoms. The van der Waals surface area contributed by atoms with Gasteiger partial charge in [-0.15, -0.1) is 0 Å². The Balaban J connectivity index is 2.89. The van der Waals surface area contributed by atoms with E-state index in [4.69, 9.17) is 9.94 Å². The molecule has 4 nitrogen and oxygen atoms in total. The molecule has 0 saturated heterocycles. The number of esters is 1. The maximum absolute atomic E-state index is 13.2. The molecule has 1 aromatic carbocycles. The summed E-state index contributed by atoms with van der Waals surface area (Å²) in [6.45, 7) is 5.18. The highest BCUT2D eigenvalue weighted by Crippen LogP contribution is 2.17. The quantitative estimate of drug-likeness (QED) is 0.602. The van der Waals surface area contributed by atoms with E-state index in [0.29, 0.717) is 0 Å². The highest BCUT2D eigenvalue weighted by atomic mass is 19.1. The Morgan fingerprint density at radius 1 is 1.44 bits per heavy atom. The van der Waals surface area contributed by atoms with E-state index in [2.05, 4.69) is 0 Å². The first-order valence-corrected chi connectivity index (χ1v) is 4.76. The van der Waals surface area contributed by atoms with Crippen molar-refractivity contribution in [3.05, 3.63) is 29.6 Å². The van der Waals surface area contributed by atoms with Crippen LogP contribution in [0.15, 0.2) is 18.2 Å². The third-order valence-corrected chi connectivity index (χ3v) is 1.72. The van der Waals surface area contributed by atoms with Crippen molar-refractivity contribution < 1.29 is 19.1 Å². The van der Waals surface area contributed by atoms with Crippen molar-refractivity contribution in [2.75, 3.05) is 5.48 Å². The van der Waals surface area contributed by atoms with Gasteiger partial charge in [0.1, 0.15) is 11.4 Å². The average molecular weight is 227 g/mol. The minimum Gasteiger partial charge on any atom is -0.456 e. The summed E-state index contributed by atoms with van der Waals surface area (Å²) in [4.78, 5) is 11.5. The van der Waals surface area contributed by atoms with E-state index in [1.807, 2.05) is 0 Å². The summed E-state index contributed by atoms with van der Waals surface area (Å²) < 4.78 is 18.3. The number of rotatable bonds is 2. The Morgan fingerprint density at radius 3 is 2.50 bits per heavy atom. The molecule has 1 rings (SSSR count). The van der Waals surface area contributed by atoms with Gasteiger partial charge >= 0.3 is 5.97 Å². The third-order valence-electron chi connectivity index (χ3n) is 1.72. The number of halogens is 1. The fourth-order valence-corrected chi connectivity index (χ4v) is 1.07. The molecule has 0 saturated carbocycles. The third kappa shape index (κ3) is 3.20. The second-order valence-electron chi connectivity index (χ2n) is 4.31. The molecule has 5 heteroatoms. The van der Waals surface area contributed by atoms with Crippen LogP contribution in [0.1, 0.15) is 31.1 Å². The monoisotopic (exact) mass is 227 g/mol. The zero-order valence-electron chi connectivity index (χ0n) is 9.37. The van der Waals surface area contributed by atoms with Crippen molar-refractivity contribution in [2.45, 2.75) is 26.4 Å². The summed E-state index contributed by atoms with van der Waals surface area (Å²) in [6, 6.07) is 3.64. The topological polar surface area (TPSA) is 58.6 Å². The molecule has 0 unspecified atom stereocenters.